The number of hydrogen-bond donors (Lipinski definition) is 4. The van der Waals surface area contributed by atoms with Crippen LogP contribution in [0.2, 0.25) is 5.15 Å². The van der Waals surface area contributed by atoms with Crippen LogP contribution in [0.5, 0.6) is 0 Å². The molecule has 2 aromatic heterocycles. The molecule has 0 amide bonds. The number of aromatic nitrogens is 4. The van der Waals surface area contributed by atoms with Gasteiger partial charge in [-0.3, -0.25) is 13.7 Å². The molecule has 6 unspecified atom stereocenters. The predicted octanol–water partition coefficient (Wildman–Crippen LogP) is 2.37. The van der Waals surface area contributed by atoms with Gasteiger partial charge in [0.15, 0.2) is 22.4 Å². The number of nitrogens with zero attached hydrogens (tertiary/aromatic N) is 4. The van der Waals surface area contributed by atoms with Crippen LogP contribution >= 0.6 is 19.2 Å². The molecule has 1 fully saturated rings. The summed E-state index contributed by atoms with van der Waals surface area (Å²) in [5.41, 5.74) is -0.522. The quantitative estimate of drug-likeness (QED) is 0.302. The maximum atomic E-state index is 12.8. The third-order valence-electron chi connectivity index (χ3n) is 6.38. The van der Waals surface area contributed by atoms with E-state index >= 15 is 0 Å². The first-order chi connectivity index (χ1) is 14.9. The van der Waals surface area contributed by atoms with Crippen molar-refractivity contribution in [3.05, 3.63) is 17.8 Å². The summed E-state index contributed by atoms with van der Waals surface area (Å²) in [6.45, 7) is 6.40. The minimum atomic E-state index is -4.43. The van der Waals surface area contributed by atoms with Crippen LogP contribution in [0.15, 0.2) is 12.7 Å². The summed E-state index contributed by atoms with van der Waals surface area (Å²) in [6.07, 6.45) is -1.25. The number of aliphatic hydroxyl groups is 3. The van der Waals surface area contributed by atoms with Crippen molar-refractivity contribution in [2.45, 2.75) is 88.9 Å². The third-order valence-corrected chi connectivity index (χ3v) is 8.83. The molecule has 3 rings (SSSR count). The second kappa shape index (κ2) is 9.23. The van der Waals surface area contributed by atoms with E-state index in [2.05, 4.69) is 15.0 Å². The Hall–Kier alpha value is -1.17. The van der Waals surface area contributed by atoms with Crippen molar-refractivity contribution < 1.29 is 34.0 Å². The number of hydrogen-bond acceptors (Lipinski definition) is 9. The van der Waals surface area contributed by atoms with Crippen molar-refractivity contribution in [2.75, 3.05) is 0 Å². The Bertz CT molecular complexity index is 999. The van der Waals surface area contributed by atoms with Crippen molar-refractivity contribution in [3.63, 3.8) is 0 Å². The Morgan fingerprint density at radius 3 is 2.44 bits per heavy atom. The van der Waals surface area contributed by atoms with Gasteiger partial charge in [-0.2, -0.15) is 0 Å². The van der Waals surface area contributed by atoms with Crippen molar-refractivity contribution in [2.24, 2.45) is 0 Å². The number of rotatable bonds is 9. The van der Waals surface area contributed by atoms with Crippen LogP contribution in [0.1, 0.15) is 59.6 Å². The number of halogens is 1. The molecule has 0 spiro atoms. The standard InChI is InChI=1S/C19H30ClN4O7P/c1-5-18(4,27)32(28,29)31-19(6-2,7-3)8-11-13(25)14(26)17(30-11)24-10-23-12-15(20)21-9-22-16(12)24/h9-11,13-14,17,25-27H,5-8H2,1-4H3,(H,28,29). The fourth-order valence-electron chi connectivity index (χ4n) is 3.77. The molecule has 2 aromatic rings. The van der Waals surface area contributed by atoms with E-state index in [0.717, 1.165) is 0 Å². The predicted molar refractivity (Wildman–Crippen MR) is 116 cm³/mol. The molecule has 1 aliphatic heterocycles. The molecule has 6 atom stereocenters. The van der Waals surface area contributed by atoms with Crippen LogP contribution in [0.3, 0.4) is 0 Å². The van der Waals surface area contributed by atoms with E-state index < -0.39 is 43.1 Å². The summed E-state index contributed by atoms with van der Waals surface area (Å²) in [6, 6.07) is 0. The Morgan fingerprint density at radius 2 is 1.84 bits per heavy atom. The lowest BCUT2D eigenvalue weighted by Gasteiger charge is -2.39. The molecular weight excluding hydrogens is 463 g/mol. The summed E-state index contributed by atoms with van der Waals surface area (Å²) < 4.78 is 25.9. The summed E-state index contributed by atoms with van der Waals surface area (Å²) in [5, 5.41) is 30.0. The molecular formula is C19H30ClN4O7P. The minimum Gasteiger partial charge on any atom is -0.388 e. The normalized spacial score (nSPS) is 28.0. The zero-order chi connectivity index (χ0) is 23.9. The monoisotopic (exact) mass is 492 g/mol. The molecule has 3 heterocycles. The highest BCUT2D eigenvalue weighted by molar-refractivity contribution is 7.54. The van der Waals surface area contributed by atoms with Crippen LogP contribution < -0.4 is 0 Å². The van der Waals surface area contributed by atoms with Crippen LogP contribution in [0, 0.1) is 0 Å². The molecule has 32 heavy (non-hydrogen) atoms. The minimum absolute atomic E-state index is 0.0153. The van der Waals surface area contributed by atoms with Gasteiger partial charge in [0.05, 0.1) is 18.0 Å². The van der Waals surface area contributed by atoms with Gasteiger partial charge in [-0.25, -0.2) is 15.0 Å². The molecule has 1 aliphatic rings. The summed E-state index contributed by atoms with van der Waals surface area (Å²) in [7, 11) is -4.43. The Kier molecular flexibility index (Phi) is 7.34. The number of ether oxygens (including phenoxy) is 1. The summed E-state index contributed by atoms with van der Waals surface area (Å²) >= 11 is 6.04. The lowest BCUT2D eigenvalue weighted by molar-refractivity contribution is -0.0753. The SMILES string of the molecule is CCC(CC)(CC1OC(n2cnc3c(Cl)ncnc32)C(O)C1O)OP(=O)(O)C(C)(O)CC. The number of aliphatic hydroxyl groups excluding tert-OH is 2. The summed E-state index contributed by atoms with van der Waals surface area (Å²) in [5.74, 6) is 0. The van der Waals surface area contributed by atoms with E-state index in [0.29, 0.717) is 24.0 Å². The molecule has 13 heteroatoms. The van der Waals surface area contributed by atoms with Crippen molar-refractivity contribution >= 4 is 30.4 Å². The first-order valence-corrected chi connectivity index (χ1v) is 12.5. The van der Waals surface area contributed by atoms with E-state index in [-0.39, 0.29) is 18.0 Å². The van der Waals surface area contributed by atoms with Crippen molar-refractivity contribution in [1.82, 2.24) is 19.5 Å². The third kappa shape index (κ3) is 4.45. The molecule has 0 bridgehead atoms. The van der Waals surface area contributed by atoms with Crippen molar-refractivity contribution in [1.29, 1.82) is 0 Å². The number of imidazole rings is 1. The fourth-order valence-corrected chi connectivity index (χ4v) is 5.40. The highest BCUT2D eigenvalue weighted by atomic mass is 35.5. The lowest BCUT2D eigenvalue weighted by Crippen LogP contribution is -2.41. The van der Waals surface area contributed by atoms with Crippen LogP contribution in [-0.2, 0) is 13.8 Å². The highest BCUT2D eigenvalue weighted by Gasteiger charge is 2.51. The van der Waals surface area contributed by atoms with Gasteiger partial charge in [0.25, 0.3) is 0 Å². The van der Waals surface area contributed by atoms with E-state index in [1.807, 2.05) is 0 Å². The largest absolute Gasteiger partial charge is 0.388 e. The molecule has 0 aromatic carbocycles. The van der Waals surface area contributed by atoms with Crippen molar-refractivity contribution in [3.8, 4) is 0 Å². The zero-order valence-corrected chi connectivity index (χ0v) is 20.1. The fraction of sp³-hybridized carbons (Fsp3) is 0.737. The first-order valence-electron chi connectivity index (χ1n) is 10.5. The van der Waals surface area contributed by atoms with Gasteiger partial charge in [-0.1, -0.05) is 32.4 Å². The van der Waals surface area contributed by atoms with Crippen LogP contribution in [0.25, 0.3) is 11.2 Å². The molecule has 0 radical (unpaired) electrons. The molecule has 1 saturated heterocycles. The maximum Gasteiger partial charge on any atom is 0.359 e. The van der Waals surface area contributed by atoms with Gasteiger partial charge in [-0.05, 0) is 26.2 Å². The van der Waals surface area contributed by atoms with E-state index in [1.165, 1.54) is 24.1 Å². The van der Waals surface area contributed by atoms with Gasteiger partial charge in [0.2, 0.25) is 0 Å². The van der Waals surface area contributed by atoms with Gasteiger partial charge in [0.1, 0.15) is 24.1 Å². The smallest absolute Gasteiger partial charge is 0.359 e. The van der Waals surface area contributed by atoms with Gasteiger partial charge in [0, 0.05) is 6.42 Å². The summed E-state index contributed by atoms with van der Waals surface area (Å²) in [4.78, 5) is 22.6. The number of fused-ring (bicyclic) bond motifs is 1. The maximum absolute atomic E-state index is 12.8. The first kappa shape index (κ1) is 25.5. The Morgan fingerprint density at radius 1 is 1.19 bits per heavy atom. The second-order valence-corrected chi connectivity index (χ2v) is 10.9. The second-order valence-electron chi connectivity index (χ2n) is 8.31. The highest BCUT2D eigenvalue weighted by Crippen LogP contribution is 2.59. The lowest BCUT2D eigenvalue weighted by atomic mass is 9.88. The van der Waals surface area contributed by atoms with Crippen LogP contribution in [0.4, 0.5) is 0 Å². The molecule has 4 N–H and O–H groups in total. The molecule has 0 aliphatic carbocycles. The zero-order valence-electron chi connectivity index (χ0n) is 18.4. The average molecular weight is 493 g/mol. The van der Waals surface area contributed by atoms with E-state index in [9.17, 15) is 24.8 Å². The van der Waals surface area contributed by atoms with E-state index in [1.54, 1.807) is 20.8 Å². The molecule has 180 valence electrons. The van der Waals surface area contributed by atoms with Gasteiger partial charge in [-0.15, -0.1) is 0 Å². The van der Waals surface area contributed by atoms with Gasteiger partial charge < -0.3 is 24.9 Å². The Labute approximate surface area is 190 Å². The topological polar surface area (TPSA) is 160 Å². The van der Waals surface area contributed by atoms with Gasteiger partial charge >= 0.3 is 7.60 Å². The van der Waals surface area contributed by atoms with E-state index in [4.69, 9.17) is 20.9 Å². The average Bonchev–Trinajstić information content (AvgIpc) is 3.30. The molecule has 11 nitrogen and oxygen atoms in total. The van der Waals surface area contributed by atoms with Crippen LogP contribution in [-0.4, -0.2) is 69.0 Å². The molecule has 0 saturated carbocycles. The Balaban J connectivity index is 1.87.